The minimum absolute atomic E-state index is 0.000685. The van der Waals surface area contributed by atoms with Crippen LogP contribution >= 0.6 is 0 Å². The Balaban J connectivity index is 1.32. The molecule has 4 rings (SSSR count). The van der Waals surface area contributed by atoms with Crippen LogP contribution < -0.4 is 10.2 Å². The van der Waals surface area contributed by atoms with Crippen LogP contribution in [0.2, 0.25) is 0 Å². The van der Waals surface area contributed by atoms with Crippen molar-refractivity contribution < 1.29 is 19.2 Å². The zero-order chi connectivity index (χ0) is 20.5. The molecule has 0 aliphatic carbocycles. The van der Waals surface area contributed by atoms with E-state index in [1.165, 1.54) is 0 Å². The third-order valence-electron chi connectivity index (χ3n) is 5.28. The summed E-state index contributed by atoms with van der Waals surface area (Å²) in [5.74, 6) is -1.08. The number of carbonyl (C=O) groups is 4. The highest BCUT2D eigenvalue weighted by atomic mass is 16.2. The van der Waals surface area contributed by atoms with Crippen LogP contribution in [0, 0.1) is 6.92 Å². The van der Waals surface area contributed by atoms with Crippen LogP contribution in [-0.4, -0.2) is 47.7 Å². The molecule has 0 saturated carbocycles. The second-order valence-corrected chi connectivity index (χ2v) is 7.37. The first-order valence-corrected chi connectivity index (χ1v) is 9.55. The molecule has 0 unspecified atom stereocenters. The fraction of sp³-hybridized carbons (Fsp3) is 0.273. The number of hydrogen-bond acceptors (Lipinski definition) is 4. The number of imide groups is 1. The molecule has 7 heteroatoms. The second-order valence-electron chi connectivity index (χ2n) is 7.37. The van der Waals surface area contributed by atoms with E-state index in [0.717, 1.165) is 16.2 Å². The van der Waals surface area contributed by atoms with E-state index in [-0.39, 0.29) is 49.1 Å². The summed E-state index contributed by atoms with van der Waals surface area (Å²) in [6.45, 7) is 2.40. The van der Waals surface area contributed by atoms with Crippen molar-refractivity contribution >= 4 is 29.3 Å². The van der Waals surface area contributed by atoms with Crippen molar-refractivity contribution in [3.8, 4) is 0 Å². The van der Waals surface area contributed by atoms with E-state index in [2.05, 4.69) is 5.32 Å². The van der Waals surface area contributed by atoms with Gasteiger partial charge < -0.3 is 10.2 Å². The molecule has 0 aromatic heterocycles. The Hall–Kier alpha value is -3.48. The number of nitrogens with one attached hydrogen (secondary N) is 1. The lowest BCUT2D eigenvalue weighted by molar-refractivity contribution is -0.121. The van der Waals surface area contributed by atoms with E-state index in [0.29, 0.717) is 17.7 Å². The van der Waals surface area contributed by atoms with Gasteiger partial charge in [0, 0.05) is 31.6 Å². The van der Waals surface area contributed by atoms with Gasteiger partial charge in [-0.3, -0.25) is 24.1 Å². The lowest BCUT2D eigenvalue weighted by atomic mass is 10.1. The van der Waals surface area contributed by atoms with Crippen molar-refractivity contribution in [3.63, 3.8) is 0 Å². The van der Waals surface area contributed by atoms with Gasteiger partial charge in [0.1, 0.15) is 0 Å². The average Bonchev–Trinajstić information content (AvgIpc) is 3.19. The van der Waals surface area contributed by atoms with Crippen LogP contribution in [-0.2, 0) is 9.59 Å². The highest BCUT2D eigenvalue weighted by molar-refractivity contribution is 6.21. The predicted octanol–water partition coefficient (Wildman–Crippen LogP) is 1.90. The maximum absolute atomic E-state index is 12.4. The van der Waals surface area contributed by atoms with Crippen molar-refractivity contribution in [1.82, 2.24) is 10.2 Å². The Morgan fingerprint density at radius 3 is 2.24 bits per heavy atom. The summed E-state index contributed by atoms with van der Waals surface area (Å²) >= 11 is 0. The van der Waals surface area contributed by atoms with Gasteiger partial charge in [-0.25, -0.2) is 0 Å². The SMILES string of the molecule is Cc1ccc(N2C[C@H](NC(=O)CCN3C(=O)c4ccccc4C3=O)CC2=O)cc1. The average molecular weight is 391 g/mol. The van der Waals surface area contributed by atoms with Crippen LogP contribution in [0.3, 0.4) is 0 Å². The fourth-order valence-corrected chi connectivity index (χ4v) is 3.73. The Bertz CT molecular complexity index is 964. The predicted molar refractivity (Wildman–Crippen MR) is 107 cm³/mol. The van der Waals surface area contributed by atoms with E-state index in [1.807, 2.05) is 31.2 Å². The van der Waals surface area contributed by atoms with Gasteiger partial charge in [0.25, 0.3) is 11.8 Å². The smallest absolute Gasteiger partial charge is 0.261 e. The molecule has 1 fully saturated rings. The van der Waals surface area contributed by atoms with Gasteiger partial charge in [-0.15, -0.1) is 0 Å². The number of rotatable bonds is 5. The summed E-state index contributed by atoms with van der Waals surface area (Å²) in [4.78, 5) is 52.1. The van der Waals surface area contributed by atoms with Crippen molar-refractivity contribution in [2.75, 3.05) is 18.0 Å². The molecule has 1 N–H and O–H groups in total. The minimum Gasteiger partial charge on any atom is -0.351 e. The van der Waals surface area contributed by atoms with Crippen molar-refractivity contribution in [2.45, 2.75) is 25.8 Å². The number of fused-ring (bicyclic) bond motifs is 1. The van der Waals surface area contributed by atoms with Gasteiger partial charge in [-0.2, -0.15) is 0 Å². The van der Waals surface area contributed by atoms with Crippen molar-refractivity contribution in [3.05, 3.63) is 65.2 Å². The summed E-state index contributed by atoms with van der Waals surface area (Å²) in [5, 5.41) is 2.84. The van der Waals surface area contributed by atoms with Crippen LogP contribution in [0.4, 0.5) is 5.69 Å². The first-order chi connectivity index (χ1) is 13.9. The summed E-state index contributed by atoms with van der Waals surface area (Å²) in [6.07, 6.45) is 0.229. The van der Waals surface area contributed by atoms with Gasteiger partial charge >= 0.3 is 0 Å². The normalized spacial score (nSPS) is 18.4. The molecular formula is C22H21N3O4. The van der Waals surface area contributed by atoms with Gasteiger partial charge in [-0.1, -0.05) is 29.8 Å². The third-order valence-corrected chi connectivity index (χ3v) is 5.28. The Kier molecular flexibility index (Phi) is 4.88. The Labute approximate surface area is 168 Å². The van der Waals surface area contributed by atoms with E-state index in [4.69, 9.17) is 0 Å². The number of aryl methyl sites for hydroxylation is 1. The molecule has 2 heterocycles. The van der Waals surface area contributed by atoms with Crippen LogP contribution in [0.15, 0.2) is 48.5 Å². The monoisotopic (exact) mass is 391 g/mol. The Morgan fingerprint density at radius 2 is 1.62 bits per heavy atom. The van der Waals surface area contributed by atoms with Crippen LogP contribution in [0.1, 0.15) is 39.1 Å². The highest BCUT2D eigenvalue weighted by Crippen LogP contribution is 2.23. The second kappa shape index (κ2) is 7.50. The van der Waals surface area contributed by atoms with E-state index < -0.39 is 0 Å². The molecule has 29 heavy (non-hydrogen) atoms. The largest absolute Gasteiger partial charge is 0.351 e. The quantitative estimate of drug-likeness (QED) is 0.789. The van der Waals surface area contributed by atoms with Gasteiger partial charge in [-0.05, 0) is 31.2 Å². The highest BCUT2D eigenvalue weighted by Gasteiger charge is 2.36. The Morgan fingerprint density at radius 1 is 1.00 bits per heavy atom. The van der Waals surface area contributed by atoms with Crippen molar-refractivity contribution in [1.29, 1.82) is 0 Å². The molecule has 0 bridgehead atoms. The number of nitrogens with zero attached hydrogens (tertiary/aromatic N) is 2. The topological polar surface area (TPSA) is 86.8 Å². The standard InChI is InChI=1S/C22H21N3O4/c1-14-6-8-16(9-7-14)25-13-15(12-20(25)27)23-19(26)10-11-24-21(28)17-4-2-3-5-18(17)22(24)29/h2-9,15H,10-13H2,1H3,(H,23,26)/t15-/m1/s1. The summed E-state index contributed by atoms with van der Waals surface area (Å²) in [6, 6.07) is 14.0. The molecule has 4 amide bonds. The van der Waals surface area contributed by atoms with Crippen LogP contribution in [0.5, 0.6) is 0 Å². The van der Waals surface area contributed by atoms with Gasteiger partial charge in [0.05, 0.1) is 17.2 Å². The number of hydrogen-bond donors (Lipinski definition) is 1. The lowest BCUT2D eigenvalue weighted by Crippen LogP contribution is -2.40. The zero-order valence-corrected chi connectivity index (χ0v) is 16.1. The molecule has 1 saturated heterocycles. The molecule has 2 aromatic carbocycles. The summed E-state index contributed by atoms with van der Waals surface area (Å²) in [5.41, 5.74) is 2.66. The third kappa shape index (κ3) is 3.63. The first kappa shape index (κ1) is 18.9. The molecule has 0 spiro atoms. The van der Waals surface area contributed by atoms with Crippen molar-refractivity contribution in [2.24, 2.45) is 0 Å². The number of benzene rings is 2. The van der Waals surface area contributed by atoms with Crippen LogP contribution in [0.25, 0.3) is 0 Å². The molecular weight excluding hydrogens is 370 g/mol. The maximum Gasteiger partial charge on any atom is 0.261 e. The molecule has 1 atom stereocenters. The van der Waals surface area contributed by atoms with E-state index in [9.17, 15) is 19.2 Å². The first-order valence-electron chi connectivity index (χ1n) is 9.55. The fourth-order valence-electron chi connectivity index (χ4n) is 3.73. The van der Waals surface area contributed by atoms with Gasteiger partial charge in [0.15, 0.2) is 0 Å². The van der Waals surface area contributed by atoms with Gasteiger partial charge in [0.2, 0.25) is 11.8 Å². The van der Waals surface area contributed by atoms with E-state index in [1.54, 1.807) is 29.2 Å². The molecule has 2 aliphatic rings. The number of carbonyl (C=O) groups excluding carboxylic acids is 4. The minimum atomic E-state index is -0.375. The number of anilines is 1. The molecule has 7 nitrogen and oxygen atoms in total. The summed E-state index contributed by atoms with van der Waals surface area (Å²) in [7, 11) is 0. The molecule has 148 valence electrons. The summed E-state index contributed by atoms with van der Waals surface area (Å²) < 4.78 is 0. The lowest BCUT2D eigenvalue weighted by Gasteiger charge is -2.18. The zero-order valence-electron chi connectivity index (χ0n) is 16.1. The molecule has 2 aromatic rings. The molecule has 2 aliphatic heterocycles. The maximum atomic E-state index is 12.4. The number of amides is 4. The molecule has 0 radical (unpaired) electrons. The van der Waals surface area contributed by atoms with E-state index >= 15 is 0 Å².